The second-order valence-corrected chi connectivity index (χ2v) is 11.8. The average molecular weight is 537 g/mol. The lowest BCUT2D eigenvalue weighted by molar-refractivity contribution is 0.629. The third-order valence-corrected chi connectivity index (χ3v) is 9.97. The Hall–Kier alpha value is -5.34. The highest BCUT2D eigenvalue weighted by Gasteiger charge is 2.27. The Morgan fingerprint density at radius 2 is 0.524 bits per heavy atom. The molecule has 0 amide bonds. The van der Waals surface area contributed by atoms with Gasteiger partial charge in [-0.15, -0.1) is 0 Å². The van der Waals surface area contributed by atoms with Crippen molar-refractivity contribution < 1.29 is 8.78 Å². The van der Waals surface area contributed by atoms with Crippen LogP contribution in [0.5, 0.6) is 0 Å². The summed E-state index contributed by atoms with van der Waals surface area (Å²) in [4.78, 5) is 0. The van der Waals surface area contributed by atoms with Crippen LogP contribution < -0.4 is 0 Å². The quantitative estimate of drug-likeness (QED) is 0.134. The predicted octanol–water partition coefficient (Wildman–Crippen LogP) is 11.8. The zero-order chi connectivity index (χ0) is 27.4. The van der Waals surface area contributed by atoms with Crippen molar-refractivity contribution in [2.24, 2.45) is 0 Å². The molecule has 0 fully saturated rings. The highest BCUT2D eigenvalue weighted by atomic mass is 19.1. The van der Waals surface area contributed by atoms with E-state index in [1.807, 2.05) is 12.1 Å². The van der Waals surface area contributed by atoms with Crippen LogP contribution in [0.4, 0.5) is 8.78 Å². The van der Waals surface area contributed by atoms with E-state index in [0.717, 1.165) is 37.7 Å². The standard InChI is InChI=1S/C40H18F2/c41-19-9-11-27-31(17-19)29-15-13-25-21-5-1-3-7-23(21)33-24-8-4-2-6-22(24)26-14-16-30-32-18-20(42)10-12-28(32)34(27)40-37(29)35(25)39(33)36(26)38(30)40/h1-18H. The summed E-state index contributed by atoms with van der Waals surface area (Å²) in [5.41, 5.74) is 0. The largest absolute Gasteiger partial charge is 0.207 e. The maximum Gasteiger partial charge on any atom is 0.123 e. The molecule has 0 nitrogen and oxygen atoms in total. The van der Waals surface area contributed by atoms with Crippen LogP contribution >= 0.6 is 0 Å². The maximum atomic E-state index is 15.0. The molecular weight excluding hydrogens is 518 g/mol. The van der Waals surface area contributed by atoms with E-state index in [9.17, 15) is 8.78 Å². The van der Waals surface area contributed by atoms with Crippen molar-refractivity contribution >= 4 is 108 Å². The minimum absolute atomic E-state index is 0.256. The molecule has 2 heteroatoms. The first kappa shape index (κ1) is 21.4. The molecule has 0 aliphatic heterocycles. The predicted molar refractivity (Wildman–Crippen MR) is 175 cm³/mol. The van der Waals surface area contributed by atoms with Gasteiger partial charge in [0, 0.05) is 0 Å². The number of benzene rings is 11. The van der Waals surface area contributed by atoms with Crippen LogP contribution in [-0.4, -0.2) is 0 Å². The summed E-state index contributed by atoms with van der Waals surface area (Å²) in [6.45, 7) is 0. The van der Waals surface area contributed by atoms with Gasteiger partial charge in [0.1, 0.15) is 11.6 Å². The van der Waals surface area contributed by atoms with Crippen LogP contribution in [0, 0.1) is 11.6 Å². The summed E-state index contributed by atoms with van der Waals surface area (Å²) in [5.74, 6) is -0.511. The molecule has 11 aromatic carbocycles. The minimum Gasteiger partial charge on any atom is -0.207 e. The van der Waals surface area contributed by atoms with E-state index < -0.39 is 0 Å². The Kier molecular flexibility index (Phi) is 3.53. The Balaban J connectivity index is 1.67. The first-order valence-electron chi connectivity index (χ1n) is 14.3. The van der Waals surface area contributed by atoms with E-state index in [-0.39, 0.29) is 11.6 Å². The Labute approximate surface area is 237 Å². The fourth-order valence-corrected chi connectivity index (χ4v) is 8.51. The van der Waals surface area contributed by atoms with Crippen LogP contribution in [0.25, 0.3) is 108 Å². The second-order valence-electron chi connectivity index (χ2n) is 11.8. The first-order chi connectivity index (χ1) is 20.7. The SMILES string of the molecule is Fc1ccc2c(c1)c1ccc3c4ccccc4c4c5ccccc5c5ccc6c7cc(F)ccc7c2c2c1c3c4c5c62. The molecule has 11 aromatic rings. The van der Waals surface area contributed by atoms with Crippen molar-refractivity contribution in [2.75, 3.05) is 0 Å². The molecule has 192 valence electrons. The summed E-state index contributed by atoms with van der Waals surface area (Å²) < 4.78 is 29.9. The fourth-order valence-electron chi connectivity index (χ4n) is 8.51. The van der Waals surface area contributed by atoms with Crippen molar-refractivity contribution in [2.45, 2.75) is 0 Å². The van der Waals surface area contributed by atoms with Gasteiger partial charge in [0.2, 0.25) is 0 Å². The van der Waals surface area contributed by atoms with Gasteiger partial charge in [0.25, 0.3) is 0 Å². The molecule has 0 saturated heterocycles. The zero-order valence-electron chi connectivity index (χ0n) is 22.1. The molecule has 0 spiro atoms. The molecule has 0 saturated carbocycles. The molecule has 0 N–H and O–H groups in total. The second kappa shape index (κ2) is 6.92. The number of halogens is 2. The van der Waals surface area contributed by atoms with Gasteiger partial charge in [-0.3, -0.25) is 0 Å². The van der Waals surface area contributed by atoms with E-state index in [2.05, 4.69) is 72.8 Å². The van der Waals surface area contributed by atoms with Gasteiger partial charge in [-0.25, -0.2) is 8.78 Å². The van der Waals surface area contributed by atoms with Crippen molar-refractivity contribution in [3.05, 3.63) is 121 Å². The third-order valence-electron chi connectivity index (χ3n) is 9.97. The number of hydrogen-bond acceptors (Lipinski definition) is 0. The lowest BCUT2D eigenvalue weighted by Crippen LogP contribution is -1.97. The molecule has 0 aliphatic carbocycles. The average Bonchev–Trinajstić information content (AvgIpc) is 3.03. The molecule has 0 heterocycles. The van der Waals surface area contributed by atoms with Crippen molar-refractivity contribution in [1.82, 2.24) is 0 Å². The summed E-state index contributed by atoms with van der Waals surface area (Å²) in [6.07, 6.45) is 0. The van der Waals surface area contributed by atoms with E-state index >= 15 is 0 Å². The van der Waals surface area contributed by atoms with Crippen LogP contribution in [-0.2, 0) is 0 Å². The lowest BCUT2D eigenvalue weighted by Gasteiger charge is -2.25. The molecule has 0 aliphatic rings. The number of hydrogen-bond donors (Lipinski definition) is 0. The summed E-state index contributed by atoms with van der Waals surface area (Å²) >= 11 is 0. The first-order valence-corrected chi connectivity index (χ1v) is 14.3. The summed E-state index contributed by atoms with van der Waals surface area (Å²) in [5, 5.41) is 22.8. The minimum atomic E-state index is -0.256. The molecule has 0 aromatic heterocycles. The Morgan fingerprint density at radius 1 is 0.238 bits per heavy atom. The van der Waals surface area contributed by atoms with Crippen LogP contribution in [0.2, 0.25) is 0 Å². The molecule has 0 atom stereocenters. The fraction of sp³-hybridized carbons (Fsp3) is 0. The van der Waals surface area contributed by atoms with E-state index in [1.54, 1.807) is 24.3 Å². The lowest BCUT2D eigenvalue weighted by atomic mass is 9.77. The molecule has 0 radical (unpaired) electrons. The Bertz CT molecular complexity index is 2770. The van der Waals surface area contributed by atoms with E-state index in [0.29, 0.717) is 0 Å². The van der Waals surface area contributed by atoms with E-state index in [1.165, 1.54) is 70.0 Å². The summed E-state index contributed by atoms with van der Waals surface area (Å²) in [6, 6.07) is 36.5. The monoisotopic (exact) mass is 536 g/mol. The third kappa shape index (κ3) is 2.23. The van der Waals surface area contributed by atoms with Crippen LogP contribution in [0.15, 0.2) is 109 Å². The van der Waals surface area contributed by atoms with Crippen molar-refractivity contribution in [1.29, 1.82) is 0 Å². The van der Waals surface area contributed by atoms with Gasteiger partial charge in [-0.05, 0) is 132 Å². The molecule has 11 rings (SSSR count). The van der Waals surface area contributed by atoms with Gasteiger partial charge in [0.05, 0.1) is 0 Å². The topological polar surface area (TPSA) is 0 Å². The highest BCUT2D eigenvalue weighted by molar-refractivity contribution is 6.55. The highest BCUT2D eigenvalue weighted by Crippen LogP contribution is 2.56. The molecule has 0 bridgehead atoms. The molecule has 42 heavy (non-hydrogen) atoms. The van der Waals surface area contributed by atoms with Crippen molar-refractivity contribution in [3.8, 4) is 0 Å². The normalized spacial score (nSPS) is 13.0. The summed E-state index contributed by atoms with van der Waals surface area (Å²) in [7, 11) is 0. The van der Waals surface area contributed by atoms with Crippen LogP contribution in [0.3, 0.4) is 0 Å². The molecule has 0 unspecified atom stereocenters. The number of fused-ring (bicyclic) bond motifs is 12. The molecular formula is C40H18F2. The Morgan fingerprint density at radius 3 is 0.929 bits per heavy atom. The number of rotatable bonds is 0. The van der Waals surface area contributed by atoms with Crippen molar-refractivity contribution in [3.63, 3.8) is 0 Å². The van der Waals surface area contributed by atoms with Gasteiger partial charge in [-0.1, -0.05) is 84.9 Å². The van der Waals surface area contributed by atoms with Crippen LogP contribution in [0.1, 0.15) is 0 Å². The van der Waals surface area contributed by atoms with Gasteiger partial charge < -0.3 is 0 Å². The zero-order valence-corrected chi connectivity index (χ0v) is 22.1. The van der Waals surface area contributed by atoms with Gasteiger partial charge in [0.15, 0.2) is 0 Å². The smallest absolute Gasteiger partial charge is 0.123 e. The van der Waals surface area contributed by atoms with Gasteiger partial charge >= 0.3 is 0 Å². The van der Waals surface area contributed by atoms with Gasteiger partial charge in [-0.2, -0.15) is 0 Å². The maximum absolute atomic E-state index is 15.0. The van der Waals surface area contributed by atoms with E-state index in [4.69, 9.17) is 0 Å².